The molecule has 0 unspecified atom stereocenters. The Morgan fingerprint density at radius 2 is 2.06 bits per heavy atom. The monoisotopic (exact) mass is 374 g/mol. The number of hydrogen-bond acceptors (Lipinski definition) is 5. The van der Waals surface area contributed by atoms with Crippen LogP contribution in [0.15, 0.2) is 25.7 Å². The van der Waals surface area contributed by atoms with Crippen LogP contribution < -0.4 is 5.73 Å². The summed E-state index contributed by atoms with van der Waals surface area (Å²) in [4.78, 5) is 8.53. The quantitative estimate of drug-likeness (QED) is 0.890. The van der Waals surface area contributed by atoms with Gasteiger partial charge >= 0.3 is 0 Å². The van der Waals surface area contributed by atoms with Crippen molar-refractivity contribution in [2.45, 2.75) is 19.9 Å². The summed E-state index contributed by atoms with van der Waals surface area (Å²) >= 11 is 6.75. The van der Waals surface area contributed by atoms with Crippen molar-refractivity contribution in [1.82, 2.24) is 15.1 Å². The van der Waals surface area contributed by atoms with E-state index in [0.29, 0.717) is 17.4 Å². The van der Waals surface area contributed by atoms with E-state index in [9.17, 15) is 0 Å². The molecule has 0 fully saturated rings. The molecular formula is C11H12Br2N4O. The van der Waals surface area contributed by atoms with Crippen molar-refractivity contribution in [1.29, 1.82) is 0 Å². The normalized spacial score (nSPS) is 13.0. The third-order valence-electron chi connectivity index (χ3n) is 2.46. The highest BCUT2D eigenvalue weighted by atomic mass is 79.9. The minimum Gasteiger partial charge on any atom is -0.337 e. The van der Waals surface area contributed by atoms with Gasteiger partial charge in [-0.3, -0.25) is 4.98 Å². The summed E-state index contributed by atoms with van der Waals surface area (Å²) in [6.45, 7) is 4.00. The van der Waals surface area contributed by atoms with Crippen LogP contribution in [-0.2, 0) is 0 Å². The molecule has 5 nitrogen and oxygen atoms in total. The second-order valence-electron chi connectivity index (χ2n) is 4.21. The molecule has 2 aromatic rings. The average Bonchev–Trinajstić information content (AvgIpc) is 2.77. The van der Waals surface area contributed by atoms with Crippen LogP contribution in [0.5, 0.6) is 0 Å². The van der Waals surface area contributed by atoms with Crippen molar-refractivity contribution < 1.29 is 4.52 Å². The average molecular weight is 376 g/mol. The van der Waals surface area contributed by atoms with E-state index in [1.807, 2.05) is 19.9 Å². The van der Waals surface area contributed by atoms with E-state index in [-0.39, 0.29) is 12.0 Å². The van der Waals surface area contributed by atoms with Crippen molar-refractivity contribution >= 4 is 31.9 Å². The number of rotatable bonds is 3. The standard InChI is InChI=1S/C11H12Br2N4O/c1-5(2)8(14)11-16-10(17-18-11)9-7(13)3-6(12)4-15-9/h3-5,8H,14H2,1-2H3/t8-/m1/s1. The summed E-state index contributed by atoms with van der Waals surface area (Å²) in [7, 11) is 0. The van der Waals surface area contributed by atoms with Gasteiger partial charge in [-0.1, -0.05) is 19.0 Å². The molecule has 0 radical (unpaired) electrons. The Morgan fingerprint density at radius 3 is 2.67 bits per heavy atom. The van der Waals surface area contributed by atoms with Crippen molar-refractivity contribution in [3.05, 3.63) is 27.1 Å². The van der Waals surface area contributed by atoms with Crippen LogP contribution in [0.2, 0.25) is 0 Å². The fourth-order valence-electron chi connectivity index (χ4n) is 1.33. The SMILES string of the molecule is CC(C)[C@@H](N)c1nc(-c2ncc(Br)cc2Br)no1. The molecule has 7 heteroatoms. The third kappa shape index (κ3) is 2.78. The molecule has 0 aliphatic carbocycles. The maximum atomic E-state index is 5.96. The van der Waals surface area contributed by atoms with Crippen LogP contribution in [0.4, 0.5) is 0 Å². The maximum absolute atomic E-state index is 5.96. The molecule has 2 N–H and O–H groups in total. The van der Waals surface area contributed by atoms with Gasteiger partial charge in [-0.15, -0.1) is 0 Å². The maximum Gasteiger partial charge on any atom is 0.244 e. The fourth-order valence-corrected chi connectivity index (χ4v) is 2.50. The van der Waals surface area contributed by atoms with Crippen molar-refractivity contribution in [3.8, 4) is 11.5 Å². The van der Waals surface area contributed by atoms with Crippen LogP contribution in [0, 0.1) is 5.92 Å². The van der Waals surface area contributed by atoms with Crippen LogP contribution in [0.1, 0.15) is 25.8 Å². The lowest BCUT2D eigenvalue weighted by atomic mass is 10.1. The first-order valence-corrected chi connectivity index (χ1v) is 6.98. The van der Waals surface area contributed by atoms with E-state index >= 15 is 0 Å². The summed E-state index contributed by atoms with van der Waals surface area (Å²) in [5.74, 6) is 1.09. The summed E-state index contributed by atoms with van der Waals surface area (Å²) in [6.07, 6.45) is 1.68. The van der Waals surface area contributed by atoms with Crippen molar-refractivity contribution in [3.63, 3.8) is 0 Å². The van der Waals surface area contributed by atoms with E-state index in [1.54, 1.807) is 6.20 Å². The Bertz CT molecular complexity index is 556. The number of hydrogen-bond donors (Lipinski definition) is 1. The molecule has 2 aromatic heterocycles. The molecule has 0 amide bonds. The highest BCUT2D eigenvalue weighted by Crippen LogP contribution is 2.27. The largest absolute Gasteiger partial charge is 0.337 e. The number of pyridine rings is 1. The molecule has 0 aliphatic rings. The predicted molar refractivity (Wildman–Crippen MR) is 74.7 cm³/mol. The van der Waals surface area contributed by atoms with Gasteiger partial charge in [0.1, 0.15) is 5.69 Å². The Morgan fingerprint density at radius 1 is 1.33 bits per heavy atom. The van der Waals surface area contributed by atoms with Crippen LogP contribution in [-0.4, -0.2) is 15.1 Å². The first-order valence-electron chi connectivity index (χ1n) is 5.39. The number of nitrogens with two attached hydrogens (primary N) is 1. The van der Waals surface area contributed by atoms with Crippen molar-refractivity contribution in [2.24, 2.45) is 11.7 Å². The van der Waals surface area contributed by atoms with Gasteiger partial charge in [0.15, 0.2) is 0 Å². The summed E-state index contributed by atoms with van der Waals surface area (Å²) in [5, 5.41) is 3.91. The fraction of sp³-hybridized carbons (Fsp3) is 0.364. The van der Waals surface area contributed by atoms with Gasteiger partial charge in [0.25, 0.3) is 0 Å². The topological polar surface area (TPSA) is 77.8 Å². The van der Waals surface area contributed by atoms with E-state index in [0.717, 1.165) is 8.95 Å². The minimum absolute atomic E-state index is 0.236. The Labute approximate surface area is 121 Å². The van der Waals surface area contributed by atoms with Crippen LogP contribution >= 0.6 is 31.9 Å². The zero-order valence-electron chi connectivity index (χ0n) is 9.89. The van der Waals surface area contributed by atoms with Gasteiger partial charge < -0.3 is 10.3 Å². The van der Waals surface area contributed by atoms with E-state index in [2.05, 4.69) is 47.0 Å². The molecule has 0 bridgehead atoms. The van der Waals surface area contributed by atoms with Gasteiger partial charge in [-0.05, 0) is 43.8 Å². The summed E-state index contributed by atoms with van der Waals surface area (Å²) in [5.41, 5.74) is 6.58. The molecule has 1 atom stereocenters. The molecule has 0 aromatic carbocycles. The highest BCUT2D eigenvalue weighted by Gasteiger charge is 2.20. The van der Waals surface area contributed by atoms with Crippen LogP contribution in [0.3, 0.4) is 0 Å². The molecule has 2 rings (SSSR count). The molecule has 0 saturated carbocycles. The minimum atomic E-state index is -0.263. The lowest BCUT2D eigenvalue weighted by Crippen LogP contribution is -2.16. The number of halogens is 2. The lowest BCUT2D eigenvalue weighted by Gasteiger charge is -2.09. The van der Waals surface area contributed by atoms with E-state index in [4.69, 9.17) is 10.3 Å². The zero-order chi connectivity index (χ0) is 13.3. The third-order valence-corrected chi connectivity index (χ3v) is 3.50. The predicted octanol–water partition coefficient (Wildman–Crippen LogP) is 3.31. The highest BCUT2D eigenvalue weighted by molar-refractivity contribution is 9.11. The molecule has 96 valence electrons. The second-order valence-corrected chi connectivity index (χ2v) is 5.98. The number of nitrogens with zero attached hydrogens (tertiary/aromatic N) is 3. The van der Waals surface area contributed by atoms with Crippen molar-refractivity contribution in [2.75, 3.05) is 0 Å². The van der Waals surface area contributed by atoms with E-state index < -0.39 is 0 Å². The molecule has 0 spiro atoms. The number of aromatic nitrogens is 3. The van der Waals surface area contributed by atoms with Gasteiger partial charge in [0, 0.05) is 15.1 Å². The second kappa shape index (κ2) is 5.46. The molecular weight excluding hydrogens is 364 g/mol. The Balaban J connectivity index is 2.35. The smallest absolute Gasteiger partial charge is 0.244 e. The zero-order valence-corrected chi connectivity index (χ0v) is 13.1. The van der Waals surface area contributed by atoms with Gasteiger partial charge in [-0.2, -0.15) is 4.98 Å². The lowest BCUT2D eigenvalue weighted by molar-refractivity contribution is 0.325. The Kier molecular flexibility index (Phi) is 4.14. The summed E-state index contributed by atoms with van der Waals surface area (Å²) < 4.78 is 6.84. The van der Waals surface area contributed by atoms with Gasteiger partial charge in [-0.25, -0.2) is 0 Å². The van der Waals surface area contributed by atoms with Gasteiger partial charge in [0.2, 0.25) is 11.7 Å². The Hall–Kier alpha value is -0.790. The molecule has 18 heavy (non-hydrogen) atoms. The first-order chi connectivity index (χ1) is 8.49. The van der Waals surface area contributed by atoms with E-state index in [1.165, 1.54) is 0 Å². The molecule has 2 heterocycles. The van der Waals surface area contributed by atoms with Crippen LogP contribution in [0.25, 0.3) is 11.5 Å². The first kappa shape index (κ1) is 13.6. The summed E-state index contributed by atoms with van der Waals surface area (Å²) in [6, 6.07) is 1.61. The molecule has 0 saturated heterocycles. The van der Waals surface area contributed by atoms with Gasteiger partial charge in [0.05, 0.1) is 6.04 Å². The molecule has 0 aliphatic heterocycles.